The number of unbranched alkanes of at least 4 members (excludes halogenated alkanes) is 6. The molecule has 0 amide bonds. The monoisotopic (exact) mass is 295 g/mol. The van der Waals surface area contributed by atoms with Crippen molar-refractivity contribution in [2.45, 2.75) is 84.6 Å². The lowest BCUT2D eigenvalue weighted by atomic mass is 10.0. The Labute approximate surface area is 130 Å². The fraction of sp³-hybridized carbons (Fsp3) is 0.778. The molecule has 2 heteroatoms. The third-order valence-corrected chi connectivity index (χ3v) is 4.96. The van der Waals surface area contributed by atoms with Crippen molar-refractivity contribution in [3.63, 3.8) is 0 Å². The Morgan fingerprint density at radius 1 is 0.950 bits per heavy atom. The van der Waals surface area contributed by atoms with E-state index in [4.69, 9.17) is 0 Å². The summed E-state index contributed by atoms with van der Waals surface area (Å²) in [5.74, 6) is 0. The van der Waals surface area contributed by atoms with Gasteiger partial charge in [-0.1, -0.05) is 58.8 Å². The maximum atomic E-state index is 3.72. The summed E-state index contributed by atoms with van der Waals surface area (Å²) in [6, 6.07) is 5.16. The lowest BCUT2D eigenvalue weighted by molar-refractivity contribution is 0.471. The molecule has 1 aromatic heterocycles. The molecule has 1 heterocycles. The molecular weight excluding hydrogens is 262 g/mol. The van der Waals surface area contributed by atoms with Gasteiger partial charge in [-0.3, -0.25) is 0 Å². The summed E-state index contributed by atoms with van der Waals surface area (Å²) in [6.45, 7) is 7.88. The van der Waals surface area contributed by atoms with Crippen molar-refractivity contribution in [2.24, 2.45) is 0 Å². The van der Waals surface area contributed by atoms with Crippen molar-refractivity contribution in [2.75, 3.05) is 6.54 Å². The molecule has 0 saturated heterocycles. The second-order valence-corrected chi connectivity index (χ2v) is 7.18. The Hall–Kier alpha value is -0.340. The minimum atomic E-state index is 0.587. The van der Waals surface area contributed by atoms with Gasteiger partial charge in [0.05, 0.1) is 0 Å². The molecule has 1 aromatic rings. The van der Waals surface area contributed by atoms with Crippen molar-refractivity contribution >= 4 is 11.3 Å². The van der Waals surface area contributed by atoms with Gasteiger partial charge in [0.15, 0.2) is 0 Å². The van der Waals surface area contributed by atoms with Crippen LogP contribution in [0.2, 0.25) is 0 Å². The summed E-state index contributed by atoms with van der Waals surface area (Å²) in [6.07, 6.45) is 12.3. The van der Waals surface area contributed by atoms with Gasteiger partial charge >= 0.3 is 0 Å². The predicted molar refractivity (Wildman–Crippen MR) is 92.7 cm³/mol. The lowest BCUT2D eigenvalue weighted by Gasteiger charge is -2.17. The molecule has 0 saturated carbocycles. The van der Waals surface area contributed by atoms with Crippen LogP contribution in [0.25, 0.3) is 0 Å². The third kappa shape index (κ3) is 7.44. The highest BCUT2D eigenvalue weighted by Gasteiger charge is 2.11. The molecule has 0 aliphatic heterocycles. The molecule has 20 heavy (non-hydrogen) atoms. The summed E-state index contributed by atoms with van der Waals surface area (Å²) >= 11 is 1.96. The number of aryl methyl sites for hydroxylation is 1. The Bertz CT molecular complexity index is 332. The van der Waals surface area contributed by atoms with E-state index in [1.165, 1.54) is 67.5 Å². The number of hydrogen-bond acceptors (Lipinski definition) is 2. The third-order valence-electron chi connectivity index (χ3n) is 3.84. The van der Waals surface area contributed by atoms with E-state index in [2.05, 4.69) is 38.2 Å². The molecule has 0 fully saturated rings. The van der Waals surface area contributed by atoms with Gasteiger partial charge in [-0.05, 0) is 38.4 Å². The molecule has 0 spiro atoms. The molecule has 0 bridgehead atoms. The normalized spacial score (nSPS) is 12.8. The minimum absolute atomic E-state index is 0.587. The van der Waals surface area contributed by atoms with Crippen molar-refractivity contribution in [3.05, 3.63) is 21.9 Å². The van der Waals surface area contributed by atoms with Gasteiger partial charge in [-0.15, -0.1) is 11.3 Å². The van der Waals surface area contributed by atoms with Crippen molar-refractivity contribution in [3.8, 4) is 0 Å². The van der Waals surface area contributed by atoms with Crippen molar-refractivity contribution < 1.29 is 0 Å². The summed E-state index contributed by atoms with van der Waals surface area (Å²) < 4.78 is 0. The first-order valence-electron chi connectivity index (χ1n) is 8.57. The predicted octanol–water partition coefficient (Wildman–Crippen LogP) is 6.24. The van der Waals surface area contributed by atoms with E-state index >= 15 is 0 Å². The first-order valence-corrected chi connectivity index (χ1v) is 9.39. The average molecular weight is 296 g/mol. The van der Waals surface area contributed by atoms with Crippen molar-refractivity contribution in [1.82, 2.24) is 5.32 Å². The highest BCUT2D eigenvalue weighted by atomic mass is 32.1. The van der Waals surface area contributed by atoms with E-state index in [0.717, 1.165) is 6.54 Å². The summed E-state index contributed by atoms with van der Waals surface area (Å²) in [4.78, 5) is 2.96. The minimum Gasteiger partial charge on any atom is -0.309 e. The van der Waals surface area contributed by atoms with Crippen LogP contribution in [0.1, 0.15) is 87.4 Å². The van der Waals surface area contributed by atoms with E-state index in [-0.39, 0.29) is 0 Å². The molecule has 1 N–H and O–H groups in total. The van der Waals surface area contributed by atoms with Crippen LogP contribution in [0, 0.1) is 6.92 Å². The summed E-state index contributed by atoms with van der Waals surface area (Å²) in [5.41, 5.74) is 0. The van der Waals surface area contributed by atoms with Crippen LogP contribution in [0.3, 0.4) is 0 Å². The van der Waals surface area contributed by atoms with E-state index in [0.29, 0.717) is 6.04 Å². The van der Waals surface area contributed by atoms with E-state index in [1.807, 2.05) is 11.3 Å². The Morgan fingerprint density at radius 3 is 2.25 bits per heavy atom. The molecular formula is C18H33NS. The topological polar surface area (TPSA) is 12.0 Å². The quantitative estimate of drug-likeness (QED) is 0.450. The smallest absolute Gasteiger partial charge is 0.0414 e. The molecule has 0 aliphatic rings. The highest BCUT2D eigenvalue weighted by molar-refractivity contribution is 7.12. The van der Waals surface area contributed by atoms with Crippen molar-refractivity contribution in [1.29, 1.82) is 0 Å². The van der Waals surface area contributed by atoms with Crippen LogP contribution in [-0.4, -0.2) is 6.54 Å². The molecule has 1 unspecified atom stereocenters. The molecule has 1 atom stereocenters. The fourth-order valence-corrected chi connectivity index (χ4v) is 3.60. The summed E-state index contributed by atoms with van der Waals surface area (Å²) in [5, 5.41) is 3.72. The van der Waals surface area contributed by atoms with E-state index in [9.17, 15) is 0 Å². The fourth-order valence-electron chi connectivity index (χ4n) is 2.61. The summed E-state index contributed by atoms with van der Waals surface area (Å²) in [7, 11) is 0. The Kier molecular flexibility index (Phi) is 10.0. The zero-order valence-electron chi connectivity index (χ0n) is 13.7. The van der Waals surface area contributed by atoms with Gasteiger partial charge in [0.1, 0.15) is 0 Å². The highest BCUT2D eigenvalue weighted by Crippen LogP contribution is 2.27. The van der Waals surface area contributed by atoms with Crippen LogP contribution < -0.4 is 5.32 Å². The Balaban J connectivity index is 2.23. The van der Waals surface area contributed by atoms with Gasteiger partial charge < -0.3 is 5.32 Å². The van der Waals surface area contributed by atoms with E-state index in [1.54, 1.807) is 0 Å². The maximum Gasteiger partial charge on any atom is 0.0414 e. The molecule has 1 nitrogen and oxygen atoms in total. The number of hydrogen-bond donors (Lipinski definition) is 1. The van der Waals surface area contributed by atoms with Crippen LogP contribution in [-0.2, 0) is 0 Å². The lowest BCUT2D eigenvalue weighted by Crippen LogP contribution is -2.21. The first kappa shape index (κ1) is 17.7. The van der Waals surface area contributed by atoms with Gasteiger partial charge in [-0.2, -0.15) is 0 Å². The van der Waals surface area contributed by atoms with E-state index < -0.39 is 0 Å². The van der Waals surface area contributed by atoms with Crippen LogP contribution in [0.4, 0.5) is 0 Å². The number of rotatable bonds is 12. The van der Waals surface area contributed by atoms with Gasteiger partial charge in [-0.25, -0.2) is 0 Å². The van der Waals surface area contributed by atoms with Crippen LogP contribution >= 0.6 is 11.3 Å². The second kappa shape index (κ2) is 11.3. The largest absolute Gasteiger partial charge is 0.309 e. The maximum absolute atomic E-state index is 3.72. The van der Waals surface area contributed by atoms with Crippen LogP contribution in [0.15, 0.2) is 12.1 Å². The van der Waals surface area contributed by atoms with Gasteiger partial charge in [0.2, 0.25) is 0 Å². The standard InChI is InChI=1S/C18H33NS/c1-4-6-7-8-9-10-11-12-17(19-15-5-2)18-14-13-16(3)20-18/h13-14,17,19H,4-12,15H2,1-3H3. The Morgan fingerprint density at radius 2 is 1.65 bits per heavy atom. The molecule has 1 rings (SSSR count). The van der Waals surface area contributed by atoms with Crippen LogP contribution in [0.5, 0.6) is 0 Å². The second-order valence-electron chi connectivity index (χ2n) is 5.87. The zero-order chi connectivity index (χ0) is 14.6. The molecule has 0 radical (unpaired) electrons. The molecule has 0 aliphatic carbocycles. The number of thiophene rings is 1. The zero-order valence-corrected chi connectivity index (χ0v) is 14.5. The molecule has 116 valence electrons. The van der Waals surface area contributed by atoms with Gasteiger partial charge in [0, 0.05) is 15.8 Å². The molecule has 0 aromatic carbocycles. The number of nitrogens with one attached hydrogen (secondary N) is 1. The van der Waals surface area contributed by atoms with Gasteiger partial charge in [0.25, 0.3) is 0 Å². The SMILES string of the molecule is CCCCCCCCCC(NCCC)c1ccc(C)s1. The average Bonchev–Trinajstić information content (AvgIpc) is 2.87. The first-order chi connectivity index (χ1) is 9.77.